The summed E-state index contributed by atoms with van der Waals surface area (Å²) < 4.78 is 15.2. The van der Waals surface area contributed by atoms with Crippen molar-refractivity contribution in [1.82, 2.24) is 9.88 Å². The molecule has 0 radical (unpaired) electrons. The number of halogens is 2. The van der Waals surface area contributed by atoms with E-state index in [-0.39, 0.29) is 17.3 Å². The van der Waals surface area contributed by atoms with E-state index in [0.29, 0.717) is 12.1 Å². The first-order chi connectivity index (χ1) is 15.0. The third-order valence-electron chi connectivity index (χ3n) is 5.36. The molecule has 6 heteroatoms. The van der Waals surface area contributed by atoms with Gasteiger partial charge in [0.05, 0.1) is 0 Å². The molecular formula is C25H22ClFN2O2. The number of aromatic nitrogens is 1. The molecule has 3 aromatic carbocycles. The molecule has 0 saturated carbocycles. The lowest BCUT2D eigenvalue weighted by Crippen LogP contribution is -2.19. The SMILES string of the molecule is O=C(O)c1c(CNCCc2ccccc2)c2ccccc2n1Cc1ccc(F)cc1Cl. The second-order valence-corrected chi connectivity index (χ2v) is 7.79. The van der Waals surface area contributed by atoms with Gasteiger partial charge in [0.25, 0.3) is 0 Å². The summed E-state index contributed by atoms with van der Waals surface area (Å²) in [4.78, 5) is 12.3. The maximum absolute atomic E-state index is 13.5. The largest absolute Gasteiger partial charge is 0.477 e. The Labute approximate surface area is 184 Å². The van der Waals surface area contributed by atoms with Crippen LogP contribution in [-0.2, 0) is 19.5 Å². The van der Waals surface area contributed by atoms with Gasteiger partial charge in [-0.25, -0.2) is 9.18 Å². The first-order valence-electron chi connectivity index (χ1n) is 10.1. The van der Waals surface area contributed by atoms with E-state index < -0.39 is 11.8 Å². The van der Waals surface area contributed by atoms with Crippen molar-refractivity contribution in [2.24, 2.45) is 0 Å². The van der Waals surface area contributed by atoms with E-state index in [1.54, 1.807) is 10.6 Å². The average Bonchev–Trinajstić information content (AvgIpc) is 3.07. The molecule has 31 heavy (non-hydrogen) atoms. The zero-order chi connectivity index (χ0) is 21.8. The fraction of sp³-hybridized carbons (Fsp3) is 0.160. The maximum atomic E-state index is 13.5. The molecule has 0 aliphatic rings. The van der Waals surface area contributed by atoms with Gasteiger partial charge in [0.2, 0.25) is 0 Å². The standard InChI is InChI=1S/C25H22ClFN2O2/c26-22-14-19(27)11-10-18(22)16-29-23-9-5-4-8-20(23)21(24(29)25(30)31)15-28-13-12-17-6-2-1-3-7-17/h1-11,14,28H,12-13,15-16H2,(H,30,31). The lowest BCUT2D eigenvalue weighted by Gasteiger charge is -2.11. The average molecular weight is 437 g/mol. The number of benzene rings is 3. The van der Waals surface area contributed by atoms with Crippen molar-refractivity contribution in [3.8, 4) is 0 Å². The first-order valence-corrected chi connectivity index (χ1v) is 10.4. The van der Waals surface area contributed by atoms with E-state index >= 15 is 0 Å². The second kappa shape index (κ2) is 9.33. The van der Waals surface area contributed by atoms with Crippen molar-refractivity contribution < 1.29 is 14.3 Å². The van der Waals surface area contributed by atoms with Crippen molar-refractivity contribution in [1.29, 1.82) is 0 Å². The number of carboxylic acids is 1. The van der Waals surface area contributed by atoms with E-state index in [0.717, 1.165) is 29.4 Å². The zero-order valence-corrected chi connectivity index (χ0v) is 17.6. The van der Waals surface area contributed by atoms with Crippen LogP contribution in [0, 0.1) is 5.82 Å². The molecule has 0 spiro atoms. The fourth-order valence-corrected chi connectivity index (χ4v) is 4.10. The Morgan fingerprint density at radius 2 is 1.77 bits per heavy atom. The van der Waals surface area contributed by atoms with Crippen molar-refractivity contribution in [2.45, 2.75) is 19.5 Å². The summed E-state index contributed by atoms with van der Waals surface area (Å²) in [6.07, 6.45) is 0.854. The number of nitrogens with zero attached hydrogens (tertiary/aromatic N) is 1. The normalized spacial score (nSPS) is 11.2. The molecular weight excluding hydrogens is 415 g/mol. The fourth-order valence-electron chi connectivity index (χ4n) is 3.87. The number of rotatable bonds is 8. The molecule has 0 bridgehead atoms. The minimum Gasteiger partial charge on any atom is -0.477 e. The van der Waals surface area contributed by atoms with Gasteiger partial charge in [-0.3, -0.25) is 0 Å². The Morgan fingerprint density at radius 3 is 2.52 bits per heavy atom. The quantitative estimate of drug-likeness (QED) is 0.358. The van der Waals surface area contributed by atoms with Crippen LogP contribution < -0.4 is 5.32 Å². The van der Waals surface area contributed by atoms with E-state index in [4.69, 9.17) is 11.6 Å². The third-order valence-corrected chi connectivity index (χ3v) is 5.71. The number of carboxylic acid groups (broad SMARTS) is 1. The molecule has 0 atom stereocenters. The van der Waals surface area contributed by atoms with Crippen LogP contribution in [0.5, 0.6) is 0 Å². The number of para-hydroxylation sites is 1. The van der Waals surface area contributed by atoms with Gasteiger partial charge in [-0.15, -0.1) is 0 Å². The number of nitrogens with one attached hydrogen (secondary N) is 1. The summed E-state index contributed by atoms with van der Waals surface area (Å²) in [5.41, 5.74) is 3.64. The molecule has 0 unspecified atom stereocenters. The molecule has 0 saturated heterocycles. The van der Waals surface area contributed by atoms with Crippen LogP contribution >= 0.6 is 11.6 Å². The lowest BCUT2D eigenvalue weighted by atomic mass is 10.1. The van der Waals surface area contributed by atoms with Crippen LogP contribution in [0.1, 0.15) is 27.2 Å². The second-order valence-electron chi connectivity index (χ2n) is 7.38. The molecule has 0 fully saturated rings. The predicted octanol–water partition coefficient (Wildman–Crippen LogP) is 5.51. The zero-order valence-electron chi connectivity index (χ0n) is 16.8. The summed E-state index contributed by atoms with van der Waals surface area (Å²) in [6, 6.07) is 21.9. The summed E-state index contributed by atoms with van der Waals surface area (Å²) in [5, 5.41) is 14.6. The molecule has 1 aromatic heterocycles. The highest BCUT2D eigenvalue weighted by atomic mass is 35.5. The summed E-state index contributed by atoms with van der Waals surface area (Å²) in [7, 11) is 0. The van der Waals surface area contributed by atoms with E-state index in [2.05, 4.69) is 17.4 Å². The van der Waals surface area contributed by atoms with E-state index in [1.165, 1.54) is 17.7 Å². The van der Waals surface area contributed by atoms with Gasteiger partial charge in [0.15, 0.2) is 0 Å². The minimum absolute atomic E-state index is 0.216. The monoisotopic (exact) mass is 436 g/mol. The lowest BCUT2D eigenvalue weighted by molar-refractivity contribution is 0.0684. The number of carbonyl (C=O) groups is 1. The van der Waals surface area contributed by atoms with Crippen molar-refractivity contribution in [3.05, 3.63) is 106 Å². The highest BCUT2D eigenvalue weighted by molar-refractivity contribution is 6.31. The number of fused-ring (bicyclic) bond motifs is 1. The molecule has 1 heterocycles. The van der Waals surface area contributed by atoms with Crippen molar-refractivity contribution in [2.75, 3.05) is 6.54 Å². The number of aromatic carboxylic acids is 1. The maximum Gasteiger partial charge on any atom is 0.352 e. The number of hydrogen-bond acceptors (Lipinski definition) is 2. The van der Waals surface area contributed by atoms with E-state index in [9.17, 15) is 14.3 Å². The number of hydrogen-bond donors (Lipinski definition) is 2. The highest BCUT2D eigenvalue weighted by Crippen LogP contribution is 2.29. The van der Waals surface area contributed by atoms with Gasteiger partial charge in [-0.1, -0.05) is 66.2 Å². The molecule has 2 N–H and O–H groups in total. The highest BCUT2D eigenvalue weighted by Gasteiger charge is 2.22. The molecule has 158 valence electrons. The van der Waals surface area contributed by atoms with Crippen molar-refractivity contribution >= 4 is 28.5 Å². The topological polar surface area (TPSA) is 54.3 Å². The van der Waals surface area contributed by atoms with E-state index in [1.807, 2.05) is 42.5 Å². The van der Waals surface area contributed by atoms with Gasteiger partial charge >= 0.3 is 5.97 Å². The molecule has 4 rings (SSSR count). The molecule has 0 aliphatic heterocycles. The molecule has 4 aromatic rings. The van der Waals surface area contributed by atoms with Crippen LogP contribution in [0.4, 0.5) is 4.39 Å². The Bertz CT molecular complexity index is 1220. The van der Waals surface area contributed by atoms with Crippen LogP contribution in [0.2, 0.25) is 5.02 Å². The Kier molecular flexibility index (Phi) is 6.35. The minimum atomic E-state index is -1.01. The summed E-state index contributed by atoms with van der Waals surface area (Å²) in [5.74, 6) is -1.43. The molecule has 0 amide bonds. The van der Waals surface area contributed by atoms with Crippen LogP contribution in [-0.4, -0.2) is 22.2 Å². The molecule has 0 aliphatic carbocycles. The van der Waals surface area contributed by atoms with Gasteiger partial charge in [0.1, 0.15) is 11.5 Å². The summed E-state index contributed by atoms with van der Waals surface area (Å²) >= 11 is 6.22. The Hall–Kier alpha value is -3.15. The van der Waals surface area contributed by atoms with Crippen LogP contribution in [0.3, 0.4) is 0 Å². The van der Waals surface area contributed by atoms with Gasteiger partial charge in [-0.2, -0.15) is 0 Å². The molecule has 4 nitrogen and oxygen atoms in total. The Morgan fingerprint density at radius 1 is 1.03 bits per heavy atom. The van der Waals surface area contributed by atoms with Gasteiger partial charge < -0.3 is 15.0 Å². The van der Waals surface area contributed by atoms with Crippen molar-refractivity contribution in [3.63, 3.8) is 0 Å². The first kappa shape index (κ1) is 21.1. The smallest absolute Gasteiger partial charge is 0.352 e. The van der Waals surface area contributed by atoms with Gasteiger partial charge in [0, 0.05) is 34.6 Å². The predicted molar refractivity (Wildman–Crippen MR) is 121 cm³/mol. The van der Waals surface area contributed by atoms with Crippen LogP contribution in [0.25, 0.3) is 10.9 Å². The Balaban J connectivity index is 1.65. The van der Waals surface area contributed by atoms with Crippen LogP contribution in [0.15, 0.2) is 72.8 Å². The third kappa shape index (κ3) is 4.63. The van der Waals surface area contributed by atoms with Gasteiger partial charge in [-0.05, 0) is 42.3 Å². The summed E-state index contributed by atoms with van der Waals surface area (Å²) in [6.45, 7) is 1.40.